The molecule has 4 aliphatic carbocycles. The van der Waals surface area contributed by atoms with Gasteiger partial charge in [-0.3, -0.25) is 0 Å². The molecule has 0 aromatic rings. The third-order valence-electron chi connectivity index (χ3n) is 10.8. The van der Waals surface area contributed by atoms with Crippen LogP contribution in [-0.4, -0.2) is 27.6 Å². The van der Waals surface area contributed by atoms with Crippen molar-refractivity contribution in [2.75, 3.05) is 0 Å². The maximum absolute atomic E-state index is 13.1. The topological polar surface area (TPSA) is 40.5 Å². The van der Waals surface area contributed by atoms with Crippen molar-refractivity contribution < 1.29 is 23.4 Å². The average molecular weight is 457 g/mol. The van der Waals surface area contributed by atoms with Gasteiger partial charge in [0.05, 0.1) is 5.60 Å². The maximum Gasteiger partial charge on any atom is 0.416 e. The molecule has 0 heterocycles. The minimum Gasteiger partial charge on any atom is -0.390 e. The summed E-state index contributed by atoms with van der Waals surface area (Å²) in [5.41, 5.74) is -1.32. The summed E-state index contributed by atoms with van der Waals surface area (Å²) in [7, 11) is 0. The van der Waals surface area contributed by atoms with E-state index in [1.165, 1.54) is 18.4 Å². The predicted octanol–water partition coefficient (Wildman–Crippen LogP) is 7.05. The van der Waals surface area contributed by atoms with E-state index in [9.17, 15) is 23.4 Å². The lowest BCUT2D eigenvalue weighted by atomic mass is 9.46. The van der Waals surface area contributed by atoms with Gasteiger partial charge in [0.15, 0.2) is 5.60 Å². The second-order valence-electron chi connectivity index (χ2n) is 12.9. The van der Waals surface area contributed by atoms with Gasteiger partial charge < -0.3 is 10.2 Å². The minimum absolute atomic E-state index is 0.186. The van der Waals surface area contributed by atoms with Crippen molar-refractivity contribution in [3.63, 3.8) is 0 Å². The lowest BCUT2D eigenvalue weighted by Gasteiger charge is -2.59. The molecule has 32 heavy (non-hydrogen) atoms. The molecule has 2 nitrogen and oxygen atoms in total. The highest BCUT2D eigenvalue weighted by atomic mass is 19.4. The number of hydrogen-bond acceptors (Lipinski definition) is 2. The molecule has 184 valence electrons. The molecule has 0 radical (unpaired) electrons. The van der Waals surface area contributed by atoms with E-state index < -0.39 is 17.4 Å². The molecule has 3 fully saturated rings. The standard InChI is InChI=1S/C27H43F3O2/c1-17(10-13-26(5,32)27(28,29)30)20-8-9-21-19-7-6-18-16-23(2,31)14-15-24(18,3)22(19)11-12-25(20,21)4/h6,17,19-22,31-32H,7-16H2,1-5H3/t17-,19+,20-,21+,22+,23+,24+,25-,26+/m1/s1. The molecule has 0 amide bonds. The van der Waals surface area contributed by atoms with Crippen molar-refractivity contribution >= 4 is 0 Å². The molecule has 9 atom stereocenters. The van der Waals surface area contributed by atoms with E-state index in [-0.39, 0.29) is 23.2 Å². The number of rotatable bonds is 4. The first-order chi connectivity index (χ1) is 14.6. The molecule has 0 aromatic carbocycles. The van der Waals surface area contributed by atoms with Crippen molar-refractivity contribution in [3.05, 3.63) is 11.6 Å². The summed E-state index contributed by atoms with van der Waals surface area (Å²) in [4.78, 5) is 0. The van der Waals surface area contributed by atoms with Crippen LogP contribution in [0.25, 0.3) is 0 Å². The first-order valence-electron chi connectivity index (χ1n) is 12.8. The van der Waals surface area contributed by atoms with Crippen LogP contribution in [0.1, 0.15) is 98.8 Å². The van der Waals surface area contributed by atoms with Crippen LogP contribution in [-0.2, 0) is 0 Å². The Morgan fingerprint density at radius 3 is 2.41 bits per heavy atom. The molecule has 0 aliphatic heterocycles. The minimum atomic E-state index is -4.57. The number of halogens is 3. The summed E-state index contributed by atoms with van der Waals surface area (Å²) in [6.45, 7) is 9.84. The number of allylic oxidation sites excluding steroid dienone is 1. The van der Waals surface area contributed by atoms with Gasteiger partial charge in [-0.05, 0) is 118 Å². The summed E-state index contributed by atoms with van der Waals surface area (Å²) in [5.74, 6) is 2.57. The molecule has 0 saturated heterocycles. The zero-order valence-corrected chi connectivity index (χ0v) is 20.6. The summed E-state index contributed by atoms with van der Waals surface area (Å²) < 4.78 is 39.4. The van der Waals surface area contributed by atoms with Crippen molar-refractivity contribution in [3.8, 4) is 0 Å². The van der Waals surface area contributed by atoms with Gasteiger partial charge >= 0.3 is 6.18 Å². The Morgan fingerprint density at radius 2 is 1.75 bits per heavy atom. The normalized spacial score (nSPS) is 47.0. The van der Waals surface area contributed by atoms with Gasteiger partial charge in [0.2, 0.25) is 0 Å². The second-order valence-corrected chi connectivity index (χ2v) is 12.9. The molecule has 4 rings (SSSR count). The summed E-state index contributed by atoms with van der Waals surface area (Å²) in [6, 6.07) is 0. The van der Waals surface area contributed by atoms with E-state index >= 15 is 0 Å². The summed E-state index contributed by atoms with van der Waals surface area (Å²) in [6.07, 6.45) is 6.52. The monoisotopic (exact) mass is 456 g/mol. The average Bonchev–Trinajstić information content (AvgIpc) is 3.03. The summed E-state index contributed by atoms with van der Waals surface area (Å²) in [5, 5.41) is 20.6. The van der Waals surface area contributed by atoms with E-state index in [1.54, 1.807) is 0 Å². The Labute approximate surface area is 192 Å². The van der Waals surface area contributed by atoms with Crippen LogP contribution in [0.4, 0.5) is 13.2 Å². The quantitative estimate of drug-likeness (QED) is 0.445. The van der Waals surface area contributed by atoms with Gasteiger partial charge in [-0.1, -0.05) is 32.4 Å². The highest BCUT2D eigenvalue weighted by Crippen LogP contribution is 2.67. The SMILES string of the molecule is C[C@H](CC[C@](C)(O)C(F)(F)F)[C@H]1CC[C@H]2[C@@H]3CC=C4C[C@@](C)(O)CC[C@]4(C)[C@H]3CC[C@]12C. The lowest BCUT2D eigenvalue weighted by Crippen LogP contribution is -2.52. The molecule has 3 saturated carbocycles. The zero-order chi connectivity index (χ0) is 23.7. The van der Waals surface area contributed by atoms with Crippen LogP contribution in [0.2, 0.25) is 0 Å². The van der Waals surface area contributed by atoms with Crippen LogP contribution in [0, 0.1) is 40.4 Å². The highest BCUT2D eigenvalue weighted by Gasteiger charge is 2.60. The van der Waals surface area contributed by atoms with E-state index in [1.807, 2.05) is 6.92 Å². The fourth-order valence-electron chi connectivity index (χ4n) is 8.63. The largest absolute Gasteiger partial charge is 0.416 e. The highest BCUT2D eigenvalue weighted by molar-refractivity contribution is 5.26. The third kappa shape index (κ3) is 3.87. The van der Waals surface area contributed by atoms with Crippen molar-refractivity contribution in [1.82, 2.24) is 0 Å². The second kappa shape index (κ2) is 7.73. The Balaban J connectivity index is 1.49. The predicted molar refractivity (Wildman–Crippen MR) is 121 cm³/mol. The first kappa shape index (κ1) is 24.6. The molecular weight excluding hydrogens is 413 g/mol. The molecule has 0 aromatic heterocycles. The number of aliphatic hydroxyl groups is 2. The Bertz CT molecular complexity index is 754. The van der Waals surface area contributed by atoms with Gasteiger partial charge in [0, 0.05) is 0 Å². The Hall–Kier alpha value is -0.550. The van der Waals surface area contributed by atoms with E-state index in [0.717, 1.165) is 45.4 Å². The molecule has 0 unspecified atom stereocenters. The maximum atomic E-state index is 13.1. The van der Waals surface area contributed by atoms with E-state index in [4.69, 9.17) is 0 Å². The van der Waals surface area contributed by atoms with Crippen molar-refractivity contribution in [2.45, 2.75) is 116 Å². The van der Waals surface area contributed by atoms with Gasteiger partial charge in [0.25, 0.3) is 0 Å². The zero-order valence-electron chi connectivity index (χ0n) is 20.6. The Morgan fingerprint density at radius 1 is 1.06 bits per heavy atom. The number of alkyl halides is 3. The van der Waals surface area contributed by atoms with Gasteiger partial charge in [-0.25, -0.2) is 0 Å². The summed E-state index contributed by atoms with van der Waals surface area (Å²) >= 11 is 0. The molecule has 5 heteroatoms. The third-order valence-corrected chi connectivity index (χ3v) is 10.8. The molecule has 0 bridgehead atoms. The number of hydrogen-bond donors (Lipinski definition) is 2. The van der Waals surface area contributed by atoms with Crippen LogP contribution in [0.5, 0.6) is 0 Å². The van der Waals surface area contributed by atoms with Gasteiger partial charge in [0.1, 0.15) is 0 Å². The van der Waals surface area contributed by atoms with E-state index in [0.29, 0.717) is 30.1 Å². The van der Waals surface area contributed by atoms with Crippen LogP contribution in [0.15, 0.2) is 11.6 Å². The molecular formula is C27H43F3O2. The fourth-order valence-corrected chi connectivity index (χ4v) is 8.63. The molecule has 0 spiro atoms. The lowest BCUT2D eigenvalue weighted by molar-refractivity contribution is -0.256. The van der Waals surface area contributed by atoms with Crippen LogP contribution < -0.4 is 0 Å². The van der Waals surface area contributed by atoms with Crippen molar-refractivity contribution in [2.24, 2.45) is 40.4 Å². The molecule has 2 N–H and O–H groups in total. The van der Waals surface area contributed by atoms with Crippen molar-refractivity contribution in [1.29, 1.82) is 0 Å². The molecule has 4 aliphatic rings. The van der Waals surface area contributed by atoms with Gasteiger partial charge in [-0.15, -0.1) is 0 Å². The van der Waals surface area contributed by atoms with Crippen LogP contribution in [0.3, 0.4) is 0 Å². The fraction of sp³-hybridized carbons (Fsp3) is 0.926. The van der Waals surface area contributed by atoms with E-state index in [2.05, 4.69) is 26.8 Å². The van der Waals surface area contributed by atoms with Crippen LogP contribution >= 0.6 is 0 Å². The Kier molecular flexibility index (Phi) is 5.94. The smallest absolute Gasteiger partial charge is 0.390 e. The van der Waals surface area contributed by atoms with Gasteiger partial charge in [-0.2, -0.15) is 13.2 Å². The number of fused-ring (bicyclic) bond motifs is 5. The first-order valence-corrected chi connectivity index (χ1v) is 12.8.